The van der Waals surface area contributed by atoms with Crippen molar-refractivity contribution in [2.24, 2.45) is 0 Å². The van der Waals surface area contributed by atoms with Gasteiger partial charge in [-0.25, -0.2) is 8.42 Å². The van der Waals surface area contributed by atoms with Crippen LogP contribution in [0.4, 0.5) is 0 Å². The van der Waals surface area contributed by atoms with Gasteiger partial charge in [-0.2, -0.15) is 4.31 Å². The monoisotopic (exact) mass is 384 g/mol. The summed E-state index contributed by atoms with van der Waals surface area (Å²) in [6, 6.07) is 13.0. The lowest BCUT2D eigenvalue weighted by molar-refractivity contribution is 0.0734. The van der Waals surface area contributed by atoms with Gasteiger partial charge in [0.05, 0.1) is 4.90 Å². The molecule has 2 aromatic rings. The Hall–Kier alpha value is -2.18. The van der Waals surface area contributed by atoms with Crippen LogP contribution >= 0.6 is 0 Å². The molecule has 0 radical (unpaired) electrons. The molecule has 1 fully saturated rings. The van der Waals surface area contributed by atoms with Crippen molar-refractivity contribution in [3.63, 3.8) is 0 Å². The molecule has 4 rings (SSSR count). The van der Waals surface area contributed by atoms with E-state index in [1.807, 2.05) is 37.3 Å². The van der Waals surface area contributed by atoms with E-state index in [9.17, 15) is 13.2 Å². The Labute approximate surface area is 160 Å². The van der Waals surface area contributed by atoms with Gasteiger partial charge in [0.2, 0.25) is 10.0 Å². The molecule has 0 spiro atoms. The lowest BCUT2D eigenvalue weighted by Gasteiger charge is -2.29. The van der Waals surface area contributed by atoms with Gasteiger partial charge in [0.15, 0.2) is 0 Å². The minimum atomic E-state index is -3.44. The van der Waals surface area contributed by atoms with Gasteiger partial charge in [-0.05, 0) is 61.6 Å². The van der Waals surface area contributed by atoms with Crippen molar-refractivity contribution in [3.8, 4) is 0 Å². The SMILES string of the molecule is Cc1ccc(C(=O)N2CCc3ccc(S(=O)(=O)N4CCCC4)cc3C2)cc1. The fourth-order valence-corrected chi connectivity index (χ4v) is 5.39. The van der Waals surface area contributed by atoms with Gasteiger partial charge in [-0.1, -0.05) is 23.8 Å². The van der Waals surface area contributed by atoms with Crippen LogP contribution in [-0.2, 0) is 23.0 Å². The first-order valence-corrected chi connectivity index (χ1v) is 10.9. The van der Waals surface area contributed by atoms with Gasteiger partial charge in [-0.15, -0.1) is 0 Å². The predicted octanol–water partition coefficient (Wildman–Crippen LogP) is 2.98. The zero-order valence-corrected chi connectivity index (χ0v) is 16.3. The summed E-state index contributed by atoms with van der Waals surface area (Å²) in [5.74, 6) is -0.00606. The number of hydrogen-bond donors (Lipinski definition) is 0. The number of hydrogen-bond acceptors (Lipinski definition) is 3. The molecule has 2 aromatic carbocycles. The Morgan fingerprint density at radius 1 is 0.926 bits per heavy atom. The molecule has 0 unspecified atom stereocenters. The van der Waals surface area contributed by atoms with Crippen molar-refractivity contribution >= 4 is 15.9 Å². The number of rotatable bonds is 3. The maximum atomic E-state index is 12.8. The van der Waals surface area contributed by atoms with E-state index in [2.05, 4.69) is 0 Å². The minimum absolute atomic E-state index is 0.00606. The molecular weight excluding hydrogens is 360 g/mol. The highest BCUT2D eigenvalue weighted by Gasteiger charge is 2.29. The minimum Gasteiger partial charge on any atom is -0.334 e. The maximum absolute atomic E-state index is 12.8. The Kier molecular flexibility index (Phi) is 4.78. The molecule has 27 heavy (non-hydrogen) atoms. The molecular formula is C21H24N2O3S. The summed E-state index contributed by atoms with van der Waals surface area (Å²) >= 11 is 0. The van der Waals surface area contributed by atoms with Crippen molar-refractivity contribution in [1.82, 2.24) is 9.21 Å². The van der Waals surface area contributed by atoms with Crippen molar-refractivity contribution in [3.05, 3.63) is 64.7 Å². The molecule has 2 aliphatic rings. The lowest BCUT2D eigenvalue weighted by Crippen LogP contribution is -2.36. The van der Waals surface area contributed by atoms with Crippen LogP contribution in [0.5, 0.6) is 0 Å². The topological polar surface area (TPSA) is 57.7 Å². The van der Waals surface area contributed by atoms with Crippen LogP contribution in [0.2, 0.25) is 0 Å². The fourth-order valence-electron chi connectivity index (χ4n) is 3.82. The standard InChI is InChI=1S/C21H24N2O3S/c1-16-4-6-18(7-5-16)21(24)22-13-10-17-8-9-20(14-19(17)15-22)27(25,26)23-11-2-3-12-23/h4-9,14H,2-3,10-13,15H2,1H3. The van der Waals surface area contributed by atoms with E-state index < -0.39 is 10.0 Å². The predicted molar refractivity (Wildman–Crippen MR) is 104 cm³/mol. The molecule has 0 aliphatic carbocycles. The van der Waals surface area contributed by atoms with Gasteiger partial charge >= 0.3 is 0 Å². The Bertz CT molecular complexity index is 961. The Morgan fingerprint density at radius 3 is 2.33 bits per heavy atom. The van der Waals surface area contributed by atoms with Crippen molar-refractivity contribution in [2.75, 3.05) is 19.6 Å². The summed E-state index contributed by atoms with van der Waals surface area (Å²) in [7, 11) is -3.44. The molecule has 0 N–H and O–H groups in total. The van der Waals surface area contributed by atoms with Crippen LogP contribution in [0.25, 0.3) is 0 Å². The van der Waals surface area contributed by atoms with Crippen LogP contribution in [-0.4, -0.2) is 43.2 Å². The highest BCUT2D eigenvalue weighted by molar-refractivity contribution is 7.89. The van der Waals surface area contributed by atoms with E-state index in [0.717, 1.165) is 36.0 Å². The number of amides is 1. The first-order chi connectivity index (χ1) is 12.9. The molecule has 5 nitrogen and oxygen atoms in total. The second-order valence-electron chi connectivity index (χ2n) is 7.38. The van der Waals surface area contributed by atoms with E-state index in [1.165, 1.54) is 0 Å². The molecule has 1 saturated heterocycles. The number of benzene rings is 2. The zero-order valence-electron chi connectivity index (χ0n) is 15.5. The summed E-state index contributed by atoms with van der Waals surface area (Å²) in [5, 5.41) is 0. The van der Waals surface area contributed by atoms with Crippen LogP contribution < -0.4 is 0 Å². The fraction of sp³-hybridized carbons (Fsp3) is 0.381. The average Bonchev–Trinajstić information content (AvgIpc) is 3.23. The maximum Gasteiger partial charge on any atom is 0.254 e. The number of nitrogens with zero attached hydrogens (tertiary/aromatic N) is 2. The van der Waals surface area contributed by atoms with Gasteiger partial charge in [0.1, 0.15) is 0 Å². The second kappa shape index (κ2) is 7.09. The molecule has 2 aliphatic heterocycles. The molecule has 0 saturated carbocycles. The van der Waals surface area contributed by atoms with Gasteiger partial charge in [-0.3, -0.25) is 4.79 Å². The number of carbonyl (C=O) groups excluding carboxylic acids is 1. The summed E-state index contributed by atoms with van der Waals surface area (Å²) < 4.78 is 27.2. The normalized spacial score (nSPS) is 17.7. The molecule has 0 atom stereocenters. The molecule has 0 bridgehead atoms. The highest BCUT2D eigenvalue weighted by Crippen LogP contribution is 2.27. The molecule has 6 heteroatoms. The van der Waals surface area contributed by atoms with Crippen molar-refractivity contribution in [1.29, 1.82) is 0 Å². The van der Waals surface area contributed by atoms with Crippen LogP contribution in [0.1, 0.15) is 39.9 Å². The first-order valence-electron chi connectivity index (χ1n) is 9.43. The zero-order chi connectivity index (χ0) is 19.0. The molecule has 2 heterocycles. The third-order valence-electron chi connectivity index (χ3n) is 5.48. The summed E-state index contributed by atoms with van der Waals surface area (Å²) in [4.78, 5) is 15.0. The number of fused-ring (bicyclic) bond motifs is 1. The van der Waals surface area contributed by atoms with E-state index in [-0.39, 0.29) is 5.91 Å². The van der Waals surface area contributed by atoms with E-state index >= 15 is 0 Å². The first kappa shape index (κ1) is 18.2. The van der Waals surface area contributed by atoms with Crippen LogP contribution in [0.15, 0.2) is 47.4 Å². The van der Waals surface area contributed by atoms with Gasteiger partial charge in [0.25, 0.3) is 5.91 Å². The summed E-state index contributed by atoms with van der Waals surface area (Å²) in [6.45, 7) is 4.28. The summed E-state index contributed by atoms with van der Waals surface area (Å²) in [5.41, 5.74) is 3.85. The third-order valence-corrected chi connectivity index (χ3v) is 7.37. The van der Waals surface area contributed by atoms with Crippen LogP contribution in [0.3, 0.4) is 0 Å². The summed E-state index contributed by atoms with van der Waals surface area (Å²) in [6.07, 6.45) is 2.59. The van der Waals surface area contributed by atoms with Gasteiger partial charge < -0.3 is 4.90 Å². The lowest BCUT2D eigenvalue weighted by atomic mass is 9.99. The van der Waals surface area contributed by atoms with Crippen molar-refractivity contribution < 1.29 is 13.2 Å². The van der Waals surface area contributed by atoms with E-state index in [1.54, 1.807) is 21.3 Å². The molecule has 0 aromatic heterocycles. The largest absolute Gasteiger partial charge is 0.334 e. The molecule has 142 valence electrons. The second-order valence-corrected chi connectivity index (χ2v) is 9.32. The average molecular weight is 385 g/mol. The quantitative estimate of drug-likeness (QED) is 0.817. The van der Waals surface area contributed by atoms with Crippen LogP contribution in [0, 0.1) is 6.92 Å². The van der Waals surface area contributed by atoms with Gasteiger partial charge in [0, 0.05) is 31.7 Å². The third kappa shape index (κ3) is 3.51. The van der Waals surface area contributed by atoms with E-state index in [0.29, 0.717) is 36.6 Å². The highest BCUT2D eigenvalue weighted by atomic mass is 32.2. The van der Waals surface area contributed by atoms with Crippen molar-refractivity contribution in [2.45, 2.75) is 37.6 Å². The number of carbonyl (C=O) groups is 1. The smallest absolute Gasteiger partial charge is 0.254 e. The van der Waals surface area contributed by atoms with E-state index in [4.69, 9.17) is 0 Å². The Morgan fingerprint density at radius 2 is 1.63 bits per heavy atom. The molecule has 1 amide bonds. The number of sulfonamides is 1. The Balaban J connectivity index is 1.58. The number of aryl methyl sites for hydroxylation is 1.